The van der Waals surface area contributed by atoms with Crippen LogP contribution in [0.1, 0.15) is 30.9 Å². The van der Waals surface area contributed by atoms with E-state index in [1.807, 2.05) is 12.3 Å². The topological polar surface area (TPSA) is 66.5 Å². The van der Waals surface area contributed by atoms with Crippen LogP contribution in [0.15, 0.2) is 30.7 Å². The van der Waals surface area contributed by atoms with E-state index in [2.05, 4.69) is 39.8 Å². The fourth-order valence-corrected chi connectivity index (χ4v) is 1.78. The standard InChI is InChI=1S/C14H17N5/c1-11(2)18-9-14-17-5-6-19(14)10-12-3-4-16-13(7-12)8-15/h3-7,11,18H,9-10H2,1-2H3. The Kier molecular flexibility index (Phi) is 4.26. The Hall–Kier alpha value is -2.19. The number of nitriles is 1. The molecule has 5 heteroatoms. The van der Waals surface area contributed by atoms with E-state index < -0.39 is 0 Å². The van der Waals surface area contributed by atoms with E-state index in [0.29, 0.717) is 18.3 Å². The van der Waals surface area contributed by atoms with Gasteiger partial charge in [0.05, 0.1) is 6.54 Å². The summed E-state index contributed by atoms with van der Waals surface area (Å²) >= 11 is 0. The molecule has 0 atom stereocenters. The third-order valence-electron chi connectivity index (χ3n) is 2.76. The van der Waals surface area contributed by atoms with Gasteiger partial charge in [-0.3, -0.25) is 0 Å². The molecule has 0 aliphatic heterocycles. The molecule has 0 aliphatic carbocycles. The Morgan fingerprint density at radius 3 is 2.95 bits per heavy atom. The van der Waals surface area contributed by atoms with Crippen LogP contribution in [-0.4, -0.2) is 20.6 Å². The monoisotopic (exact) mass is 255 g/mol. The zero-order valence-corrected chi connectivity index (χ0v) is 11.2. The highest BCUT2D eigenvalue weighted by atomic mass is 15.1. The van der Waals surface area contributed by atoms with E-state index in [-0.39, 0.29) is 0 Å². The zero-order valence-electron chi connectivity index (χ0n) is 11.2. The van der Waals surface area contributed by atoms with Crippen LogP contribution in [0.3, 0.4) is 0 Å². The van der Waals surface area contributed by atoms with Crippen LogP contribution in [-0.2, 0) is 13.1 Å². The minimum absolute atomic E-state index is 0.427. The van der Waals surface area contributed by atoms with Crippen LogP contribution < -0.4 is 5.32 Å². The van der Waals surface area contributed by atoms with Gasteiger partial charge in [0, 0.05) is 31.2 Å². The van der Waals surface area contributed by atoms with E-state index in [1.165, 1.54) is 0 Å². The molecule has 0 bridgehead atoms. The van der Waals surface area contributed by atoms with E-state index >= 15 is 0 Å². The van der Waals surface area contributed by atoms with Gasteiger partial charge in [-0.25, -0.2) is 9.97 Å². The van der Waals surface area contributed by atoms with Crippen LogP contribution in [0.5, 0.6) is 0 Å². The van der Waals surface area contributed by atoms with Gasteiger partial charge >= 0.3 is 0 Å². The first-order valence-corrected chi connectivity index (χ1v) is 6.27. The molecule has 0 fully saturated rings. The number of rotatable bonds is 5. The molecule has 0 saturated carbocycles. The first kappa shape index (κ1) is 13.2. The predicted molar refractivity (Wildman–Crippen MR) is 72.3 cm³/mol. The molecule has 0 saturated heterocycles. The maximum Gasteiger partial charge on any atom is 0.140 e. The average Bonchev–Trinajstić information content (AvgIpc) is 2.84. The smallest absolute Gasteiger partial charge is 0.140 e. The average molecular weight is 255 g/mol. The van der Waals surface area contributed by atoms with Crippen molar-refractivity contribution in [3.8, 4) is 6.07 Å². The highest BCUT2D eigenvalue weighted by Crippen LogP contribution is 2.06. The van der Waals surface area contributed by atoms with Crippen molar-refractivity contribution in [3.63, 3.8) is 0 Å². The van der Waals surface area contributed by atoms with Crippen molar-refractivity contribution in [3.05, 3.63) is 47.8 Å². The molecule has 0 amide bonds. The van der Waals surface area contributed by atoms with E-state index in [0.717, 1.165) is 17.9 Å². The highest BCUT2D eigenvalue weighted by molar-refractivity contribution is 5.25. The van der Waals surface area contributed by atoms with Gasteiger partial charge in [0.15, 0.2) is 0 Å². The molecule has 2 aromatic rings. The molecule has 0 radical (unpaired) electrons. The summed E-state index contributed by atoms with van der Waals surface area (Å²) in [6.07, 6.45) is 5.41. The second kappa shape index (κ2) is 6.12. The second-order valence-electron chi connectivity index (χ2n) is 4.67. The summed E-state index contributed by atoms with van der Waals surface area (Å²) in [6, 6.07) is 6.20. The highest BCUT2D eigenvalue weighted by Gasteiger charge is 2.05. The molecule has 2 aromatic heterocycles. The fraction of sp³-hybridized carbons (Fsp3) is 0.357. The summed E-state index contributed by atoms with van der Waals surface area (Å²) in [5, 5.41) is 12.2. The van der Waals surface area contributed by atoms with Crippen molar-refractivity contribution in [2.75, 3.05) is 0 Å². The van der Waals surface area contributed by atoms with Gasteiger partial charge in [-0.05, 0) is 17.7 Å². The number of aromatic nitrogens is 3. The Morgan fingerprint density at radius 1 is 1.37 bits per heavy atom. The Balaban J connectivity index is 2.10. The molecular weight excluding hydrogens is 238 g/mol. The van der Waals surface area contributed by atoms with Crippen molar-refractivity contribution in [1.82, 2.24) is 19.9 Å². The van der Waals surface area contributed by atoms with E-state index in [9.17, 15) is 0 Å². The van der Waals surface area contributed by atoms with Crippen LogP contribution in [0.2, 0.25) is 0 Å². The second-order valence-corrected chi connectivity index (χ2v) is 4.67. The largest absolute Gasteiger partial charge is 0.329 e. The molecule has 19 heavy (non-hydrogen) atoms. The normalized spacial score (nSPS) is 10.6. The lowest BCUT2D eigenvalue weighted by Gasteiger charge is -2.11. The van der Waals surface area contributed by atoms with Crippen LogP contribution >= 0.6 is 0 Å². The number of nitrogens with one attached hydrogen (secondary N) is 1. The quantitative estimate of drug-likeness (QED) is 0.883. The predicted octanol–water partition coefficient (Wildman–Crippen LogP) is 1.70. The Labute approximate surface area is 112 Å². The number of hydrogen-bond acceptors (Lipinski definition) is 4. The minimum Gasteiger partial charge on any atom is -0.329 e. The Bertz CT molecular complexity index is 580. The maximum absolute atomic E-state index is 8.85. The van der Waals surface area contributed by atoms with Crippen molar-refractivity contribution in [2.45, 2.75) is 33.0 Å². The van der Waals surface area contributed by atoms with Gasteiger partial charge in [0.25, 0.3) is 0 Å². The number of nitrogens with zero attached hydrogens (tertiary/aromatic N) is 4. The first-order chi connectivity index (χ1) is 9.19. The number of hydrogen-bond donors (Lipinski definition) is 1. The molecule has 5 nitrogen and oxygen atoms in total. The molecule has 2 heterocycles. The summed E-state index contributed by atoms with van der Waals surface area (Å²) in [5.74, 6) is 0.990. The summed E-state index contributed by atoms with van der Waals surface area (Å²) in [4.78, 5) is 8.32. The molecule has 0 unspecified atom stereocenters. The summed E-state index contributed by atoms with van der Waals surface area (Å²) in [5.41, 5.74) is 1.50. The van der Waals surface area contributed by atoms with Crippen LogP contribution in [0.4, 0.5) is 0 Å². The Morgan fingerprint density at radius 2 is 2.21 bits per heavy atom. The fourth-order valence-electron chi connectivity index (χ4n) is 1.78. The summed E-state index contributed by atoms with van der Waals surface area (Å²) < 4.78 is 2.08. The molecular formula is C14H17N5. The molecule has 1 N–H and O–H groups in total. The lowest BCUT2D eigenvalue weighted by molar-refractivity contribution is 0.554. The SMILES string of the molecule is CC(C)NCc1nccn1Cc1ccnc(C#N)c1. The first-order valence-electron chi connectivity index (χ1n) is 6.27. The number of imidazole rings is 1. The van der Waals surface area contributed by atoms with Gasteiger partial charge in [0.2, 0.25) is 0 Å². The van der Waals surface area contributed by atoms with E-state index in [1.54, 1.807) is 18.5 Å². The molecule has 0 aliphatic rings. The summed E-state index contributed by atoms with van der Waals surface area (Å²) in [7, 11) is 0. The van der Waals surface area contributed by atoms with Gasteiger partial charge in [-0.1, -0.05) is 13.8 Å². The molecule has 98 valence electrons. The number of pyridine rings is 1. The third-order valence-corrected chi connectivity index (χ3v) is 2.76. The molecule has 0 spiro atoms. The zero-order chi connectivity index (χ0) is 13.7. The van der Waals surface area contributed by atoms with Crippen molar-refractivity contribution >= 4 is 0 Å². The van der Waals surface area contributed by atoms with E-state index in [4.69, 9.17) is 5.26 Å². The lowest BCUT2D eigenvalue weighted by Crippen LogP contribution is -2.24. The van der Waals surface area contributed by atoms with Gasteiger partial charge in [0.1, 0.15) is 17.6 Å². The maximum atomic E-state index is 8.85. The minimum atomic E-state index is 0.427. The van der Waals surface area contributed by atoms with Crippen LogP contribution in [0.25, 0.3) is 0 Å². The third kappa shape index (κ3) is 3.63. The molecule has 2 rings (SSSR count). The summed E-state index contributed by atoms with van der Waals surface area (Å²) in [6.45, 7) is 5.65. The van der Waals surface area contributed by atoms with Crippen molar-refractivity contribution in [2.24, 2.45) is 0 Å². The van der Waals surface area contributed by atoms with Crippen LogP contribution in [0, 0.1) is 11.3 Å². The molecule has 0 aromatic carbocycles. The van der Waals surface area contributed by atoms with Crippen molar-refractivity contribution < 1.29 is 0 Å². The van der Waals surface area contributed by atoms with Gasteiger partial charge in [-0.2, -0.15) is 5.26 Å². The van der Waals surface area contributed by atoms with Gasteiger partial charge in [-0.15, -0.1) is 0 Å². The van der Waals surface area contributed by atoms with Gasteiger partial charge < -0.3 is 9.88 Å². The van der Waals surface area contributed by atoms with Crippen molar-refractivity contribution in [1.29, 1.82) is 5.26 Å². The lowest BCUT2D eigenvalue weighted by atomic mass is 10.2.